The summed E-state index contributed by atoms with van der Waals surface area (Å²) in [6.07, 6.45) is 5.35. The molecule has 2 atom stereocenters. The Labute approximate surface area is 180 Å². The van der Waals surface area contributed by atoms with E-state index in [4.69, 9.17) is 5.10 Å². The molecule has 1 aromatic carbocycles. The van der Waals surface area contributed by atoms with Crippen LogP contribution in [-0.2, 0) is 6.54 Å². The summed E-state index contributed by atoms with van der Waals surface area (Å²) in [5.74, 6) is 0.293. The maximum Gasteiger partial charge on any atom is 0.261 e. The van der Waals surface area contributed by atoms with E-state index in [1.807, 2.05) is 16.8 Å². The molecule has 2 aliphatic rings. The SMILES string of the molecule is CN1Cc2cc(Nc3nn(C4CCCCC4C#N)c4cc[nH]c(=O)c34)ccc2S1(O)O. The van der Waals surface area contributed by atoms with Gasteiger partial charge in [-0.3, -0.25) is 18.6 Å². The number of nitrogens with one attached hydrogen (secondary N) is 2. The number of anilines is 2. The molecule has 10 heteroatoms. The van der Waals surface area contributed by atoms with Gasteiger partial charge < -0.3 is 10.3 Å². The van der Waals surface area contributed by atoms with Gasteiger partial charge in [0.25, 0.3) is 5.56 Å². The molecule has 0 radical (unpaired) electrons. The summed E-state index contributed by atoms with van der Waals surface area (Å²) in [7, 11) is -1.26. The topological polar surface area (TPSA) is 130 Å². The van der Waals surface area contributed by atoms with Crippen LogP contribution in [0.3, 0.4) is 0 Å². The van der Waals surface area contributed by atoms with Crippen molar-refractivity contribution in [2.45, 2.75) is 43.2 Å². The molecule has 5 rings (SSSR count). The number of pyridine rings is 1. The highest BCUT2D eigenvalue weighted by Crippen LogP contribution is 2.58. The Morgan fingerprint density at radius 1 is 1.29 bits per heavy atom. The Balaban J connectivity index is 1.57. The third kappa shape index (κ3) is 3.21. The van der Waals surface area contributed by atoms with Gasteiger partial charge in [-0.05, 0) is 42.7 Å². The number of nitrogens with zero attached hydrogens (tertiary/aromatic N) is 4. The third-order valence-corrected chi connectivity index (χ3v) is 8.27. The van der Waals surface area contributed by atoms with E-state index in [0.717, 1.165) is 31.2 Å². The molecular formula is C21H24N6O3S. The van der Waals surface area contributed by atoms with Crippen molar-refractivity contribution in [1.82, 2.24) is 19.1 Å². The highest BCUT2D eigenvalue weighted by molar-refractivity contribution is 8.22. The van der Waals surface area contributed by atoms with Crippen molar-refractivity contribution in [1.29, 1.82) is 5.26 Å². The Bertz CT molecular complexity index is 1260. The van der Waals surface area contributed by atoms with Crippen molar-refractivity contribution >= 4 is 33.2 Å². The van der Waals surface area contributed by atoms with Crippen LogP contribution >= 0.6 is 10.8 Å². The van der Waals surface area contributed by atoms with Crippen LogP contribution in [0.1, 0.15) is 37.3 Å². The third-order valence-electron chi connectivity index (χ3n) is 6.29. The molecule has 3 heterocycles. The van der Waals surface area contributed by atoms with E-state index in [2.05, 4.69) is 16.4 Å². The number of hydrogen-bond acceptors (Lipinski definition) is 7. The fraction of sp³-hybridized carbons (Fsp3) is 0.381. The molecule has 0 saturated heterocycles. The second-order valence-electron chi connectivity index (χ2n) is 8.20. The van der Waals surface area contributed by atoms with Gasteiger partial charge in [-0.1, -0.05) is 12.8 Å². The molecule has 1 saturated carbocycles. The molecule has 0 bridgehead atoms. The van der Waals surface area contributed by atoms with E-state index in [1.54, 1.807) is 25.4 Å². The van der Waals surface area contributed by atoms with E-state index in [-0.39, 0.29) is 17.5 Å². The standard InChI is InChI=1S/C21H24N6O3S/c1-26-12-14-10-15(6-7-18(14)31(26,29)30)24-20-19-17(8-9-23-21(19)28)27(25-20)16-5-3-2-4-13(16)11-22/h6-10,13,16,29-30H,2-5,12H2,1H3,(H,23,28)(H,24,25). The second kappa shape index (κ2) is 7.39. The van der Waals surface area contributed by atoms with Crippen LogP contribution < -0.4 is 10.9 Å². The minimum Gasteiger partial charge on any atom is -0.338 e. The average molecular weight is 441 g/mol. The molecule has 1 aliphatic heterocycles. The lowest BCUT2D eigenvalue weighted by molar-refractivity contribution is 0.277. The van der Waals surface area contributed by atoms with E-state index >= 15 is 0 Å². The van der Waals surface area contributed by atoms with E-state index in [0.29, 0.717) is 33.8 Å². The Morgan fingerprint density at radius 3 is 2.90 bits per heavy atom. The highest BCUT2D eigenvalue weighted by Gasteiger charge is 2.33. The van der Waals surface area contributed by atoms with Crippen molar-refractivity contribution < 1.29 is 9.11 Å². The molecule has 0 amide bonds. The average Bonchev–Trinajstić information content (AvgIpc) is 3.23. The number of aromatic nitrogens is 3. The molecule has 4 N–H and O–H groups in total. The minimum absolute atomic E-state index is 0.0692. The lowest BCUT2D eigenvalue weighted by Crippen LogP contribution is -2.23. The van der Waals surface area contributed by atoms with Gasteiger partial charge in [0.05, 0.1) is 28.4 Å². The van der Waals surface area contributed by atoms with Gasteiger partial charge in [-0.25, -0.2) is 4.31 Å². The van der Waals surface area contributed by atoms with Crippen LogP contribution in [0.25, 0.3) is 10.9 Å². The van der Waals surface area contributed by atoms with Crippen LogP contribution in [0, 0.1) is 17.2 Å². The number of rotatable bonds is 3. The van der Waals surface area contributed by atoms with Crippen LogP contribution in [0.4, 0.5) is 11.5 Å². The number of hydrogen-bond donors (Lipinski definition) is 4. The molecule has 31 heavy (non-hydrogen) atoms. The normalized spacial score (nSPS) is 23.9. The van der Waals surface area contributed by atoms with Crippen LogP contribution in [0.2, 0.25) is 0 Å². The van der Waals surface area contributed by atoms with E-state index in [1.165, 1.54) is 4.31 Å². The largest absolute Gasteiger partial charge is 0.338 e. The molecule has 3 aromatic rings. The quantitative estimate of drug-likeness (QED) is 0.480. The number of fused-ring (bicyclic) bond motifs is 2. The fourth-order valence-corrected chi connectivity index (χ4v) is 6.06. The van der Waals surface area contributed by atoms with Gasteiger partial charge in [-0.15, -0.1) is 10.8 Å². The molecule has 162 valence electrons. The molecule has 2 unspecified atom stereocenters. The van der Waals surface area contributed by atoms with E-state index in [9.17, 15) is 19.2 Å². The predicted molar refractivity (Wildman–Crippen MR) is 119 cm³/mol. The summed E-state index contributed by atoms with van der Waals surface area (Å²) in [4.78, 5) is 15.9. The van der Waals surface area contributed by atoms with Crippen molar-refractivity contribution in [3.63, 3.8) is 0 Å². The zero-order valence-electron chi connectivity index (χ0n) is 17.1. The van der Waals surface area contributed by atoms with E-state index < -0.39 is 10.8 Å². The van der Waals surface area contributed by atoms with Crippen molar-refractivity contribution in [3.05, 3.63) is 46.4 Å². The smallest absolute Gasteiger partial charge is 0.261 e. The van der Waals surface area contributed by atoms with Gasteiger partial charge >= 0.3 is 0 Å². The van der Waals surface area contributed by atoms with Gasteiger partial charge in [0.1, 0.15) is 5.39 Å². The summed E-state index contributed by atoms with van der Waals surface area (Å²) in [5.41, 5.74) is 1.99. The maximum absolute atomic E-state index is 12.7. The summed E-state index contributed by atoms with van der Waals surface area (Å²) >= 11 is 0. The maximum atomic E-state index is 12.7. The number of H-pyrrole nitrogens is 1. The van der Waals surface area contributed by atoms with Gasteiger partial charge in [0.15, 0.2) is 5.82 Å². The molecule has 9 nitrogen and oxygen atoms in total. The molecule has 1 fully saturated rings. The minimum atomic E-state index is -2.93. The van der Waals surface area contributed by atoms with Crippen molar-refractivity contribution in [2.75, 3.05) is 12.4 Å². The van der Waals surface area contributed by atoms with Crippen LogP contribution in [-0.4, -0.2) is 35.2 Å². The highest BCUT2D eigenvalue weighted by atomic mass is 32.3. The zero-order chi connectivity index (χ0) is 21.8. The van der Waals surface area contributed by atoms with Crippen LogP contribution in [0.5, 0.6) is 0 Å². The summed E-state index contributed by atoms with van der Waals surface area (Å²) in [6.45, 7) is 0.425. The van der Waals surface area contributed by atoms with Gasteiger partial charge in [-0.2, -0.15) is 10.4 Å². The number of nitriles is 1. The molecule has 2 aromatic heterocycles. The van der Waals surface area contributed by atoms with Crippen molar-refractivity contribution in [3.8, 4) is 6.07 Å². The molecule has 0 spiro atoms. The Kier molecular flexibility index (Phi) is 4.79. The monoisotopic (exact) mass is 440 g/mol. The zero-order valence-corrected chi connectivity index (χ0v) is 17.9. The lowest BCUT2D eigenvalue weighted by atomic mass is 9.85. The molecule has 1 aliphatic carbocycles. The number of benzene rings is 1. The summed E-state index contributed by atoms with van der Waals surface area (Å²) < 4.78 is 24.0. The first kappa shape index (κ1) is 20.1. The Hall–Kier alpha value is -2.84. The first-order chi connectivity index (χ1) is 14.9. The Morgan fingerprint density at radius 2 is 2.10 bits per heavy atom. The summed E-state index contributed by atoms with van der Waals surface area (Å²) in [6, 6.07) is 9.48. The molecular weight excluding hydrogens is 416 g/mol. The summed E-state index contributed by atoms with van der Waals surface area (Å²) in [5, 5.41) is 18.1. The predicted octanol–water partition coefficient (Wildman–Crippen LogP) is 4.19. The number of aromatic amines is 1. The fourth-order valence-electron chi connectivity index (χ4n) is 4.68. The lowest BCUT2D eigenvalue weighted by Gasteiger charge is -2.34. The first-order valence-electron chi connectivity index (χ1n) is 10.3. The second-order valence-corrected chi connectivity index (χ2v) is 10.3. The first-order valence-corrected chi connectivity index (χ1v) is 11.8. The van der Waals surface area contributed by atoms with Gasteiger partial charge in [0, 0.05) is 25.5 Å². The van der Waals surface area contributed by atoms with Crippen molar-refractivity contribution in [2.24, 2.45) is 5.92 Å². The van der Waals surface area contributed by atoms with Gasteiger partial charge in [0.2, 0.25) is 0 Å². The van der Waals surface area contributed by atoms with Crippen LogP contribution in [0.15, 0.2) is 40.2 Å².